The molecule has 0 N–H and O–H groups in total. The smallest absolute Gasteiger partial charge is 0.267 e. The van der Waals surface area contributed by atoms with Crippen molar-refractivity contribution in [2.45, 2.75) is 6.92 Å². The minimum atomic E-state index is -0.162. The molecule has 3 aromatic carbocycles. The van der Waals surface area contributed by atoms with Gasteiger partial charge in [0.2, 0.25) is 0 Å². The Bertz CT molecular complexity index is 1140. The van der Waals surface area contributed by atoms with Crippen LogP contribution >= 0.6 is 0 Å². The van der Waals surface area contributed by atoms with Crippen molar-refractivity contribution in [3.63, 3.8) is 0 Å². The number of hydrogen-bond acceptors (Lipinski definition) is 3. The molecule has 0 fully saturated rings. The summed E-state index contributed by atoms with van der Waals surface area (Å²) in [4.78, 5) is 17.1. The van der Waals surface area contributed by atoms with Crippen molar-refractivity contribution in [1.29, 1.82) is 0 Å². The number of aryl methyl sites for hydroxylation is 1. The number of rotatable bonds is 3. The zero-order valence-electron chi connectivity index (χ0n) is 14.3. The van der Waals surface area contributed by atoms with Crippen LogP contribution in [0.5, 0.6) is 0 Å². The van der Waals surface area contributed by atoms with Crippen LogP contribution in [0.25, 0.3) is 22.0 Å². The predicted octanol–water partition coefficient (Wildman–Crippen LogP) is 4.25. The van der Waals surface area contributed by atoms with Gasteiger partial charge in [-0.3, -0.25) is 4.79 Å². The van der Waals surface area contributed by atoms with E-state index in [4.69, 9.17) is 0 Å². The molecule has 0 amide bonds. The SMILES string of the molecule is Cc1nc2ccccc2c(=O)n1N=Cc1ccc(-c2ccccc2)cc1. The maximum Gasteiger partial charge on any atom is 0.282 e. The summed E-state index contributed by atoms with van der Waals surface area (Å²) in [6.07, 6.45) is 1.68. The van der Waals surface area contributed by atoms with E-state index in [0.29, 0.717) is 16.7 Å². The average Bonchev–Trinajstić information content (AvgIpc) is 2.69. The second kappa shape index (κ2) is 6.76. The normalized spacial score (nSPS) is 11.3. The van der Waals surface area contributed by atoms with E-state index >= 15 is 0 Å². The van der Waals surface area contributed by atoms with Gasteiger partial charge in [0, 0.05) is 0 Å². The highest BCUT2D eigenvalue weighted by atomic mass is 16.1. The number of para-hydroxylation sites is 1. The van der Waals surface area contributed by atoms with Crippen molar-refractivity contribution < 1.29 is 0 Å². The molecule has 4 rings (SSSR count). The third-order valence-electron chi connectivity index (χ3n) is 4.26. The van der Waals surface area contributed by atoms with E-state index in [-0.39, 0.29) is 5.56 Å². The molecule has 0 saturated heterocycles. The number of nitrogens with zero attached hydrogens (tertiary/aromatic N) is 3. The summed E-state index contributed by atoms with van der Waals surface area (Å²) in [7, 11) is 0. The lowest BCUT2D eigenvalue weighted by atomic mass is 10.0. The number of benzene rings is 3. The number of fused-ring (bicyclic) bond motifs is 1. The molecule has 0 saturated carbocycles. The van der Waals surface area contributed by atoms with Gasteiger partial charge in [0.05, 0.1) is 17.1 Å². The standard InChI is InChI=1S/C22H17N3O/c1-16-24-21-10-6-5-9-20(21)22(26)25(16)23-15-17-11-13-19(14-12-17)18-7-3-2-4-8-18/h2-15H,1H3. The van der Waals surface area contributed by atoms with E-state index < -0.39 is 0 Å². The van der Waals surface area contributed by atoms with Crippen LogP contribution in [0.2, 0.25) is 0 Å². The molecule has 0 radical (unpaired) electrons. The Morgan fingerprint density at radius 2 is 1.50 bits per heavy atom. The van der Waals surface area contributed by atoms with E-state index in [0.717, 1.165) is 11.1 Å². The van der Waals surface area contributed by atoms with Crippen LogP contribution in [-0.4, -0.2) is 15.9 Å². The Morgan fingerprint density at radius 3 is 2.27 bits per heavy atom. The van der Waals surface area contributed by atoms with Crippen LogP contribution in [0.3, 0.4) is 0 Å². The first-order valence-electron chi connectivity index (χ1n) is 8.40. The Kier molecular flexibility index (Phi) is 4.15. The van der Waals surface area contributed by atoms with E-state index in [1.54, 1.807) is 19.2 Å². The number of hydrogen-bond donors (Lipinski definition) is 0. The topological polar surface area (TPSA) is 47.2 Å². The fraction of sp³-hybridized carbons (Fsp3) is 0.0455. The molecule has 0 aliphatic carbocycles. The first kappa shape index (κ1) is 16.0. The first-order valence-corrected chi connectivity index (χ1v) is 8.40. The molecule has 0 atom stereocenters. The fourth-order valence-corrected chi connectivity index (χ4v) is 2.89. The lowest BCUT2D eigenvalue weighted by molar-refractivity contribution is 0.771. The van der Waals surface area contributed by atoms with Gasteiger partial charge in [0.25, 0.3) is 5.56 Å². The molecule has 1 heterocycles. The highest BCUT2D eigenvalue weighted by Crippen LogP contribution is 2.18. The van der Waals surface area contributed by atoms with Crippen molar-refractivity contribution >= 4 is 17.1 Å². The average molecular weight is 339 g/mol. The van der Waals surface area contributed by atoms with E-state index in [1.165, 1.54) is 10.2 Å². The van der Waals surface area contributed by atoms with Gasteiger partial charge in [-0.2, -0.15) is 9.78 Å². The number of aromatic nitrogens is 2. The molecule has 4 nitrogen and oxygen atoms in total. The highest BCUT2D eigenvalue weighted by molar-refractivity contribution is 5.81. The molecule has 0 aliphatic rings. The summed E-state index contributed by atoms with van der Waals surface area (Å²) in [5, 5.41) is 4.91. The minimum Gasteiger partial charge on any atom is -0.267 e. The highest BCUT2D eigenvalue weighted by Gasteiger charge is 2.06. The Labute approximate surface area is 151 Å². The van der Waals surface area contributed by atoms with Gasteiger partial charge in [0.1, 0.15) is 5.82 Å². The molecule has 4 heteroatoms. The fourth-order valence-electron chi connectivity index (χ4n) is 2.89. The van der Waals surface area contributed by atoms with Crippen molar-refractivity contribution in [1.82, 2.24) is 9.66 Å². The summed E-state index contributed by atoms with van der Waals surface area (Å²) >= 11 is 0. The molecule has 4 aromatic rings. The van der Waals surface area contributed by atoms with Crippen LogP contribution in [-0.2, 0) is 0 Å². The van der Waals surface area contributed by atoms with Crippen molar-refractivity contribution in [2.75, 3.05) is 0 Å². The van der Waals surface area contributed by atoms with Crippen LogP contribution < -0.4 is 5.56 Å². The summed E-state index contributed by atoms with van der Waals surface area (Å²) in [6.45, 7) is 1.78. The quantitative estimate of drug-likeness (QED) is 0.524. The zero-order chi connectivity index (χ0) is 17.9. The van der Waals surface area contributed by atoms with Gasteiger partial charge in [-0.05, 0) is 35.7 Å². The molecule has 0 spiro atoms. The molecule has 0 unspecified atom stereocenters. The summed E-state index contributed by atoms with van der Waals surface area (Å²) in [6, 6.07) is 25.6. The summed E-state index contributed by atoms with van der Waals surface area (Å²) < 4.78 is 1.34. The summed E-state index contributed by atoms with van der Waals surface area (Å²) in [5.41, 5.74) is 3.76. The van der Waals surface area contributed by atoms with Crippen molar-refractivity contribution in [3.05, 3.63) is 101 Å². The van der Waals surface area contributed by atoms with E-state index in [2.05, 4.69) is 22.2 Å². The Morgan fingerprint density at radius 1 is 0.846 bits per heavy atom. The Balaban J connectivity index is 1.66. The predicted molar refractivity (Wildman–Crippen MR) is 106 cm³/mol. The van der Waals surface area contributed by atoms with Crippen molar-refractivity contribution in [2.24, 2.45) is 5.10 Å². The second-order valence-electron chi connectivity index (χ2n) is 6.03. The Hall–Kier alpha value is -3.53. The minimum absolute atomic E-state index is 0.162. The molecule has 0 bridgehead atoms. The lowest BCUT2D eigenvalue weighted by Gasteiger charge is -2.05. The van der Waals surface area contributed by atoms with Gasteiger partial charge in [0.15, 0.2) is 0 Å². The van der Waals surface area contributed by atoms with Crippen LogP contribution in [0, 0.1) is 6.92 Å². The summed E-state index contributed by atoms with van der Waals surface area (Å²) in [5.74, 6) is 0.561. The molecule has 26 heavy (non-hydrogen) atoms. The van der Waals surface area contributed by atoms with E-state index in [1.807, 2.05) is 60.7 Å². The van der Waals surface area contributed by atoms with Gasteiger partial charge in [-0.25, -0.2) is 4.98 Å². The van der Waals surface area contributed by atoms with E-state index in [9.17, 15) is 4.79 Å². The molecule has 1 aromatic heterocycles. The van der Waals surface area contributed by atoms with Gasteiger partial charge in [-0.15, -0.1) is 0 Å². The zero-order valence-corrected chi connectivity index (χ0v) is 14.3. The maximum atomic E-state index is 12.6. The molecular weight excluding hydrogens is 322 g/mol. The van der Waals surface area contributed by atoms with Gasteiger partial charge >= 0.3 is 0 Å². The van der Waals surface area contributed by atoms with Gasteiger partial charge < -0.3 is 0 Å². The van der Waals surface area contributed by atoms with Crippen molar-refractivity contribution in [3.8, 4) is 11.1 Å². The maximum absolute atomic E-state index is 12.6. The second-order valence-corrected chi connectivity index (χ2v) is 6.03. The first-order chi connectivity index (χ1) is 12.7. The van der Waals surface area contributed by atoms with Crippen LogP contribution in [0.4, 0.5) is 0 Å². The van der Waals surface area contributed by atoms with Crippen LogP contribution in [0.1, 0.15) is 11.4 Å². The third-order valence-corrected chi connectivity index (χ3v) is 4.26. The largest absolute Gasteiger partial charge is 0.282 e. The van der Waals surface area contributed by atoms with Gasteiger partial charge in [-0.1, -0.05) is 66.7 Å². The molecule has 0 aliphatic heterocycles. The van der Waals surface area contributed by atoms with Crippen LogP contribution in [0.15, 0.2) is 88.8 Å². The monoisotopic (exact) mass is 339 g/mol. The lowest BCUT2D eigenvalue weighted by Crippen LogP contribution is -2.20. The molecular formula is C22H17N3O. The molecule has 126 valence electrons. The third kappa shape index (κ3) is 3.05.